The van der Waals surface area contributed by atoms with Gasteiger partial charge in [-0.3, -0.25) is 9.59 Å². The Balaban J connectivity index is 1.63. The average Bonchev–Trinajstić information content (AvgIpc) is 3.20. The summed E-state index contributed by atoms with van der Waals surface area (Å²) < 4.78 is 5.27. The Bertz CT molecular complexity index is 801. The molecule has 0 aromatic carbocycles. The van der Waals surface area contributed by atoms with Crippen LogP contribution in [-0.4, -0.2) is 23.9 Å². The number of nitrogens with one attached hydrogen (secondary N) is 1. The average molecular weight is 378 g/mol. The van der Waals surface area contributed by atoms with Crippen LogP contribution in [0, 0.1) is 0 Å². The number of esters is 1. The fourth-order valence-electron chi connectivity index (χ4n) is 2.68. The van der Waals surface area contributed by atoms with Crippen molar-refractivity contribution in [1.82, 2.24) is 0 Å². The molecular formula is C17H18N2O4S2. The van der Waals surface area contributed by atoms with Crippen molar-refractivity contribution in [2.75, 3.05) is 5.32 Å². The molecular weight excluding hydrogens is 360 g/mol. The molecule has 2 heterocycles. The van der Waals surface area contributed by atoms with E-state index in [1.807, 2.05) is 6.07 Å². The maximum absolute atomic E-state index is 12.3. The molecule has 3 rings (SSSR count). The molecule has 0 aliphatic heterocycles. The van der Waals surface area contributed by atoms with Crippen LogP contribution in [0.5, 0.6) is 0 Å². The topological polar surface area (TPSA) is 98.5 Å². The fraction of sp³-hybridized carbons (Fsp3) is 0.353. The molecule has 0 unspecified atom stereocenters. The zero-order valence-electron chi connectivity index (χ0n) is 13.7. The third-order valence-electron chi connectivity index (χ3n) is 4.02. The quantitative estimate of drug-likeness (QED) is 0.782. The molecule has 8 heteroatoms. The van der Waals surface area contributed by atoms with Crippen molar-refractivity contribution in [2.24, 2.45) is 5.73 Å². The molecule has 1 atom stereocenters. The first kappa shape index (κ1) is 17.6. The number of ether oxygens (including phenoxy) is 1. The van der Waals surface area contributed by atoms with E-state index in [2.05, 4.69) is 5.32 Å². The first-order valence-electron chi connectivity index (χ1n) is 7.96. The minimum atomic E-state index is -0.977. The maximum Gasteiger partial charge on any atom is 0.349 e. The maximum atomic E-state index is 12.3. The minimum absolute atomic E-state index is 0.239. The number of carbonyl (C=O) groups excluding carboxylic acids is 3. The lowest BCUT2D eigenvalue weighted by Crippen LogP contribution is -2.30. The summed E-state index contributed by atoms with van der Waals surface area (Å²) in [5.41, 5.74) is 6.70. The van der Waals surface area contributed by atoms with E-state index in [1.165, 1.54) is 46.1 Å². The van der Waals surface area contributed by atoms with Crippen molar-refractivity contribution in [2.45, 2.75) is 38.7 Å². The second-order valence-corrected chi connectivity index (χ2v) is 7.88. The van der Waals surface area contributed by atoms with Crippen molar-refractivity contribution in [1.29, 1.82) is 0 Å². The lowest BCUT2D eigenvalue weighted by Gasteiger charge is -2.12. The van der Waals surface area contributed by atoms with E-state index in [0.717, 1.165) is 25.7 Å². The van der Waals surface area contributed by atoms with Gasteiger partial charge in [0.25, 0.3) is 11.8 Å². The molecule has 1 aliphatic rings. The van der Waals surface area contributed by atoms with Crippen molar-refractivity contribution in [3.8, 4) is 0 Å². The Labute approximate surface area is 153 Å². The highest BCUT2D eigenvalue weighted by molar-refractivity contribution is 7.15. The number of primary amides is 1. The number of fused-ring (bicyclic) bond motifs is 1. The van der Waals surface area contributed by atoms with Crippen molar-refractivity contribution in [3.05, 3.63) is 38.4 Å². The van der Waals surface area contributed by atoms with Gasteiger partial charge in [0.1, 0.15) is 9.88 Å². The molecule has 2 amide bonds. The van der Waals surface area contributed by atoms with Gasteiger partial charge in [-0.15, -0.1) is 22.7 Å². The van der Waals surface area contributed by atoms with Gasteiger partial charge in [0.05, 0.1) is 5.56 Å². The van der Waals surface area contributed by atoms with E-state index in [9.17, 15) is 14.4 Å². The van der Waals surface area contributed by atoms with Crippen molar-refractivity contribution in [3.63, 3.8) is 0 Å². The predicted molar refractivity (Wildman–Crippen MR) is 97.3 cm³/mol. The highest BCUT2D eigenvalue weighted by atomic mass is 32.1. The van der Waals surface area contributed by atoms with Crippen LogP contribution >= 0.6 is 22.7 Å². The van der Waals surface area contributed by atoms with E-state index in [-0.39, 0.29) is 5.56 Å². The zero-order valence-corrected chi connectivity index (χ0v) is 15.3. The zero-order chi connectivity index (χ0) is 18.0. The fourth-order valence-corrected chi connectivity index (χ4v) is 4.61. The van der Waals surface area contributed by atoms with Crippen molar-refractivity contribution >= 4 is 45.5 Å². The molecule has 0 radical (unpaired) electrons. The molecule has 25 heavy (non-hydrogen) atoms. The van der Waals surface area contributed by atoms with Crippen LogP contribution in [0.15, 0.2) is 17.5 Å². The van der Waals surface area contributed by atoms with Gasteiger partial charge in [0, 0.05) is 4.88 Å². The number of thiophene rings is 2. The minimum Gasteiger partial charge on any atom is -0.448 e. The van der Waals surface area contributed by atoms with Gasteiger partial charge in [0.15, 0.2) is 6.10 Å². The van der Waals surface area contributed by atoms with E-state index < -0.39 is 23.9 Å². The molecule has 132 valence electrons. The van der Waals surface area contributed by atoms with Crippen LogP contribution in [0.2, 0.25) is 0 Å². The number of anilines is 1. The number of nitrogens with two attached hydrogens (primary N) is 1. The summed E-state index contributed by atoms with van der Waals surface area (Å²) in [6.45, 7) is 1.50. The lowest BCUT2D eigenvalue weighted by molar-refractivity contribution is -0.123. The summed E-state index contributed by atoms with van der Waals surface area (Å²) in [5.74, 6) is -1.62. The predicted octanol–water partition coefficient (Wildman–Crippen LogP) is 2.97. The Hall–Kier alpha value is -2.19. The van der Waals surface area contributed by atoms with E-state index in [1.54, 1.807) is 5.38 Å². The SMILES string of the molecule is C[C@H](OC(=O)c1cc2c(s1)CCCC2)C(=O)Nc1sccc1C(N)=O. The largest absolute Gasteiger partial charge is 0.448 e. The molecule has 0 saturated carbocycles. The Kier molecular flexibility index (Phi) is 5.19. The molecule has 0 bridgehead atoms. The van der Waals surface area contributed by atoms with Gasteiger partial charge >= 0.3 is 5.97 Å². The highest BCUT2D eigenvalue weighted by Gasteiger charge is 2.24. The first-order valence-corrected chi connectivity index (χ1v) is 9.66. The standard InChI is InChI=1S/C17H18N2O4S2/c1-9(15(21)19-16-11(14(18)20)6-7-24-16)23-17(22)13-8-10-4-2-3-5-12(10)25-13/h6-9H,2-5H2,1H3,(H2,18,20)(H,19,21)/t9-/m0/s1. The number of hydrogen-bond acceptors (Lipinski definition) is 6. The van der Waals surface area contributed by atoms with Crippen LogP contribution in [0.25, 0.3) is 0 Å². The summed E-state index contributed by atoms with van der Waals surface area (Å²) in [6, 6.07) is 3.41. The Morgan fingerprint density at radius 3 is 2.76 bits per heavy atom. The van der Waals surface area contributed by atoms with Gasteiger partial charge in [-0.05, 0) is 55.7 Å². The third kappa shape index (κ3) is 3.91. The summed E-state index contributed by atoms with van der Waals surface area (Å²) in [7, 11) is 0. The lowest BCUT2D eigenvalue weighted by atomic mass is 9.99. The first-order chi connectivity index (χ1) is 12.0. The number of rotatable bonds is 5. The van der Waals surface area contributed by atoms with Gasteiger partial charge in [-0.1, -0.05) is 0 Å². The summed E-state index contributed by atoms with van der Waals surface area (Å²) in [4.78, 5) is 37.6. The Morgan fingerprint density at radius 2 is 2.04 bits per heavy atom. The number of hydrogen-bond donors (Lipinski definition) is 2. The van der Waals surface area contributed by atoms with Gasteiger partial charge < -0.3 is 15.8 Å². The van der Waals surface area contributed by atoms with E-state index >= 15 is 0 Å². The molecule has 3 N–H and O–H groups in total. The molecule has 0 fully saturated rings. The van der Waals surface area contributed by atoms with E-state index in [4.69, 9.17) is 10.5 Å². The Morgan fingerprint density at radius 1 is 1.28 bits per heavy atom. The summed E-state index contributed by atoms with van der Waals surface area (Å²) >= 11 is 2.63. The van der Waals surface area contributed by atoms with Gasteiger partial charge in [-0.2, -0.15) is 0 Å². The molecule has 6 nitrogen and oxygen atoms in total. The monoisotopic (exact) mass is 378 g/mol. The van der Waals surface area contributed by atoms with Crippen LogP contribution in [0.4, 0.5) is 5.00 Å². The van der Waals surface area contributed by atoms with E-state index in [0.29, 0.717) is 9.88 Å². The van der Waals surface area contributed by atoms with Crippen LogP contribution in [0.3, 0.4) is 0 Å². The molecule has 0 spiro atoms. The molecule has 2 aromatic heterocycles. The van der Waals surface area contributed by atoms with Gasteiger partial charge in [0.2, 0.25) is 0 Å². The molecule has 1 aliphatic carbocycles. The summed E-state index contributed by atoms with van der Waals surface area (Å²) in [6.07, 6.45) is 3.29. The van der Waals surface area contributed by atoms with Crippen LogP contribution in [0.1, 0.15) is 50.2 Å². The van der Waals surface area contributed by atoms with Crippen LogP contribution in [-0.2, 0) is 22.4 Å². The second kappa shape index (κ2) is 7.37. The second-order valence-electron chi connectivity index (χ2n) is 5.83. The molecule has 0 saturated heterocycles. The number of amides is 2. The highest BCUT2D eigenvalue weighted by Crippen LogP contribution is 2.30. The number of carbonyl (C=O) groups is 3. The third-order valence-corrected chi connectivity index (χ3v) is 6.07. The van der Waals surface area contributed by atoms with Crippen LogP contribution < -0.4 is 11.1 Å². The normalized spacial score (nSPS) is 14.4. The number of aryl methyl sites for hydroxylation is 2. The van der Waals surface area contributed by atoms with Gasteiger partial charge in [-0.25, -0.2) is 4.79 Å². The molecule has 2 aromatic rings. The van der Waals surface area contributed by atoms with Crippen molar-refractivity contribution < 1.29 is 19.1 Å². The summed E-state index contributed by atoms with van der Waals surface area (Å²) in [5, 5.41) is 4.59. The smallest absolute Gasteiger partial charge is 0.349 e.